The molecular formula is C21H28N4O5S2. The van der Waals surface area contributed by atoms with Gasteiger partial charge in [-0.2, -0.15) is 0 Å². The predicted molar refractivity (Wildman–Crippen MR) is 129 cm³/mol. The zero-order valence-corrected chi connectivity index (χ0v) is 20.2. The van der Waals surface area contributed by atoms with E-state index in [0.717, 1.165) is 15.6 Å². The van der Waals surface area contributed by atoms with Gasteiger partial charge < -0.3 is 19.3 Å². The van der Waals surface area contributed by atoms with Crippen LogP contribution in [0.3, 0.4) is 0 Å². The summed E-state index contributed by atoms with van der Waals surface area (Å²) in [5.74, 6) is -0.417. The Balaban J connectivity index is 2.63. The van der Waals surface area contributed by atoms with E-state index in [1.165, 1.54) is 26.6 Å². The number of nitrogens with zero attached hydrogens (tertiary/aromatic N) is 4. The zero-order valence-electron chi connectivity index (χ0n) is 18.6. The van der Waals surface area contributed by atoms with E-state index in [9.17, 15) is 13.2 Å². The lowest BCUT2D eigenvalue weighted by atomic mass is 10.1. The normalized spacial score (nSPS) is 11.5. The standard InChI is InChI=1S/C21H28N4O5S2/c1-6-17-9-7-10-18(25(16-30-5)32(27,28)20-11-8-12-31-20)21(17)24(15-29-4)13-19(26)22-14-23(2)3/h6-12,14H,1,13,15-16H2,2-5H3. The lowest BCUT2D eigenvalue weighted by molar-refractivity contribution is -0.116. The highest BCUT2D eigenvalue weighted by Crippen LogP contribution is 2.37. The van der Waals surface area contributed by atoms with E-state index < -0.39 is 15.9 Å². The number of aliphatic imine (C=N–C) groups is 1. The molecule has 11 heteroatoms. The predicted octanol–water partition coefficient (Wildman–Crippen LogP) is 2.72. The summed E-state index contributed by atoms with van der Waals surface area (Å²) in [6, 6.07) is 8.36. The Morgan fingerprint density at radius 3 is 2.44 bits per heavy atom. The number of carbonyl (C=O) groups is 1. The fraction of sp³-hybridized carbons (Fsp3) is 0.333. The molecule has 0 fully saturated rings. The minimum atomic E-state index is -3.91. The van der Waals surface area contributed by atoms with Crippen molar-refractivity contribution < 1.29 is 22.7 Å². The minimum Gasteiger partial charge on any atom is -0.369 e. The number of anilines is 2. The Kier molecular flexibility index (Phi) is 9.39. The summed E-state index contributed by atoms with van der Waals surface area (Å²) in [4.78, 5) is 19.7. The molecular weight excluding hydrogens is 452 g/mol. The molecule has 0 saturated heterocycles. The topological polar surface area (TPSA) is 91.8 Å². The molecule has 1 aromatic carbocycles. The summed E-state index contributed by atoms with van der Waals surface area (Å²) in [7, 11) is 2.51. The van der Waals surface area contributed by atoms with Crippen LogP contribution >= 0.6 is 11.3 Å². The van der Waals surface area contributed by atoms with Crippen molar-refractivity contribution in [1.82, 2.24) is 4.90 Å². The summed E-state index contributed by atoms with van der Waals surface area (Å²) < 4.78 is 38.7. The zero-order chi connectivity index (χ0) is 23.7. The third-order valence-electron chi connectivity index (χ3n) is 4.18. The van der Waals surface area contributed by atoms with Crippen molar-refractivity contribution in [2.75, 3.05) is 57.5 Å². The molecule has 1 aromatic heterocycles. The molecule has 0 bridgehead atoms. The molecule has 0 aliphatic rings. The average Bonchev–Trinajstić information content (AvgIpc) is 3.31. The average molecular weight is 481 g/mol. The summed E-state index contributed by atoms with van der Waals surface area (Å²) in [5.41, 5.74) is 1.43. The van der Waals surface area contributed by atoms with Crippen LogP contribution in [0.15, 0.2) is 51.5 Å². The van der Waals surface area contributed by atoms with Crippen molar-refractivity contribution in [2.24, 2.45) is 4.99 Å². The van der Waals surface area contributed by atoms with Gasteiger partial charge in [-0.25, -0.2) is 17.7 Å². The summed E-state index contributed by atoms with van der Waals surface area (Å²) in [5, 5.41) is 1.69. The Labute approximate surface area is 193 Å². The molecule has 1 amide bonds. The van der Waals surface area contributed by atoms with Gasteiger partial charge in [-0.3, -0.25) is 4.79 Å². The third kappa shape index (κ3) is 6.16. The van der Waals surface area contributed by atoms with Gasteiger partial charge >= 0.3 is 0 Å². The highest BCUT2D eigenvalue weighted by Gasteiger charge is 2.30. The Morgan fingerprint density at radius 2 is 1.88 bits per heavy atom. The molecule has 174 valence electrons. The highest BCUT2D eigenvalue weighted by molar-refractivity contribution is 7.94. The number of carbonyl (C=O) groups excluding carboxylic acids is 1. The fourth-order valence-electron chi connectivity index (χ4n) is 2.89. The molecule has 1 heterocycles. The molecule has 2 rings (SSSR count). The number of methoxy groups -OCH3 is 2. The van der Waals surface area contributed by atoms with Crippen LogP contribution in [0.25, 0.3) is 6.08 Å². The van der Waals surface area contributed by atoms with Gasteiger partial charge in [0.1, 0.15) is 24.2 Å². The Hall–Kier alpha value is -2.73. The first kappa shape index (κ1) is 25.5. The van der Waals surface area contributed by atoms with Crippen LogP contribution in [0, 0.1) is 0 Å². The second-order valence-corrected chi connectivity index (χ2v) is 9.88. The van der Waals surface area contributed by atoms with Gasteiger partial charge in [-0.05, 0) is 23.1 Å². The van der Waals surface area contributed by atoms with Gasteiger partial charge in [-0.15, -0.1) is 11.3 Å². The van der Waals surface area contributed by atoms with Crippen LogP contribution in [0.5, 0.6) is 0 Å². The molecule has 0 aliphatic carbocycles. The molecule has 0 aliphatic heterocycles. The van der Waals surface area contributed by atoms with Crippen LogP contribution in [-0.2, 0) is 24.3 Å². The molecule has 32 heavy (non-hydrogen) atoms. The van der Waals surface area contributed by atoms with Crippen molar-refractivity contribution in [3.8, 4) is 0 Å². The third-order valence-corrected chi connectivity index (χ3v) is 7.29. The maximum Gasteiger partial charge on any atom is 0.275 e. The van der Waals surface area contributed by atoms with E-state index >= 15 is 0 Å². The number of amides is 1. The van der Waals surface area contributed by atoms with Gasteiger partial charge in [0.25, 0.3) is 15.9 Å². The minimum absolute atomic E-state index is 0.0287. The molecule has 0 atom stereocenters. The number of benzene rings is 1. The summed E-state index contributed by atoms with van der Waals surface area (Å²) in [6.07, 6.45) is 3.00. The summed E-state index contributed by atoms with van der Waals surface area (Å²) >= 11 is 1.11. The number of thiophene rings is 1. The largest absolute Gasteiger partial charge is 0.369 e. The highest BCUT2D eigenvalue weighted by atomic mass is 32.2. The number of hydrogen-bond acceptors (Lipinski definition) is 7. The smallest absolute Gasteiger partial charge is 0.275 e. The first-order valence-electron chi connectivity index (χ1n) is 9.54. The van der Waals surface area contributed by atoms with Crippen molar-refractivity contribution in [3.05, 3.63) is 47.9 Å². The second kappa shape index (κ2) is 11.8. The Bertz CT molecular complexity index is 1040. The van der Waals surface area contributed by atoms with Crippen molar-refractivity contribution in [1.29, 1.82) is 0 Å². The second-order valence-electron chi connectivity index (χ2n) is 6.84. The first-order valence-corrected chi connectivity index (χ1v) is 11.9. The van der Waals surface area contributed by atoms with Gasteiger partial charge in [0, 0.05) is 28.3 Å². The first-order chi connectivity index (χ1) is 15.3. The number of ether oxygens (including phenoxy) is 2. The number of hydrogen-bond donors (Lipinski definition) is 0. The molecule has 0 spiro atoms. The number of sulfonamides is 1. The molecule has 0 saturated carbocycles. The van der Waals surface area contributed by atoms with Gasteiger partial charge in [-0.1, -0.05) is 30.9 Å². The van der Waals surface area contributed by atoms with E-state index in [1.54, 1.807) is 59.6 Å². The lowest BCUT2D eigenvalue weighted by Crippen LogP contribution is -2.37. The van der Waals surface area contributed by atoms with Crippen LogP contribution in [0.4, 0.5) is 11.4 Å². The quantitative estimate of drug-likeness (QED) is 0.262. The fourth-order valence-corrected chi connectivity index (χ4v) is 5.38. The maximum absolute atomic E-state index is 13.4. The van der Waals surface area contributed by atoms with Crippen molar-refractivity contribution in [2.45, 2.75) is 4.21 Å². The number of para-hydroxylation sites is 1. The van der Waals surface area contributed by atoms with E-state index in [1.807, 2.05) is 0 Å². The van der Waals surface area contributed by atoms with Crippen LogP contribution < -0.4 is 9.21 Å². The van der Waals surface area contributed by atoms with E-state index in [4.69, 9.17) is 9.47 Å². The maximum atomic E-state index is 13.4. The molecule has 2 aromatic rings. The Morgan fingerprint density at radius 1 is 1.16 bits per heavy atom. The molecule has 0 radical (unpaired) electrons. The van der Waals surface area contributed by atoms with Crippen LogP contribution in [0.1, 0.15) is 5.56 Å². The monoisotopic (exact) mass is 480 g/mol. The van der Waals surface area contributed by atoms with Crippen molar-refractivity contribution in [3.63, 3.8) is 0 Å². The van der Waals surface area contributed by atoms with Gasteiger partial charge in [0.15, 0.2) is 0 Å². The van der Waals surface area contributed by atoms with Crippen LogP contribution in [0.2, 0.25) is 0 Å². The SMILES string of the molecule is C=Cc1cccc(N(COC)S(=O)(=O)c2cccs2)c1N(COC)CC(=O)N=CN(C)C. The van der Waals surface area contributed by atoms with E-state index in [0.29, 0.717) is 16.9 Å². The van der Waals surface area contributed by atoms with Gasteiger partial charge in [0.05, 0.1) is 17.7 Å². The van der Waals surface area contributed by atoms with Crippen LogP contribution in [-0.4, -0.2) is 73.9 Å². The lowest BCUT2D eigenvalue weighted by Gasteiger charge is -2.31. The van der Waals surface area contributed by atoms with Crippen molar-refractivity contribution >= 4 is 51.1 Å². The molecule has 0 unspecified atom stereocenters. The van der Waals surface area contributed by atoms with E-state index in [2.05, 4.69) is 11.6 Å². The molecule has 0 N–H and O–H groups in total. The van der Waals surface area contributed by atoms with E-state index in [-0.39, 0.29) is 24.2 Å². The van der Waals surface area contributed by atoms with Gasteiger partial charge in [0.2, 0.25) is 0 Å². The molecule has 9 nitrogen and oxygen atoms in total. The summed E-state index contributed by atoms with van der Waals surface area (Å²) in [6.45, 7) is 3.52. The number of rotatable bonds is 12.